The normalized spacial score (nSPS) is 19.9. The first kappa shape index (κ1) is 21.7. The van der Waals surface area contributed by atoms with Crippen molar-refractivity contribution in [2.24, 2.45) is 5.92 Å². The molecule has 1 fully saturated rings. The predicted octanol–water partition coefficient (Wildman–Crippen LogP) is 3.03. The average molecular weight is 465 g/mol. The van der Waals surface area contributed by atoms with Crippen LogP contribution in [0.4, 0.5) is 5.69 Å². The number of carbonyl (C=O) groups excluding carboxylic acids is 2. The zero-order valence-electron chi connectivity index (χ0n) is 16.8. The second kappa shape index (κ2) is 8.53. The second-order valence-corrected chi connectivity index (χ2v) is 8.58. The highest BCUT2D eigenvalue weighted by atomic mass is 35.5. The topological polar surface area (TPSA) is 106 Å². The van der Waals surface area contributed by atoms with Crippen LogP contribution in [-0.2, 0) is 16.0 Å². The van der Waals surface area contributed by atoms with E-state index in [9.17, 15) is 19.5 Å². The minimum Gasteiger partial charge on any atom is -0.481 e. The molecule has 8 nitrogen and oxygen atoms in total. The first-order chi connectivity index (χ1) is 14.8. The van der Waals surface area contributed by atoms with Crippen LogP contribution in [0.5, 0.6) is 0 Å². The number of piperidine rings is 1. The summed E-state index contributed by atoms with van der Waals surface area (Å²) in [5.74, 6) is -2.99. The number of carboxylic acid groups (broad SMARTS) is 1. The van der Waals surface area contributed by atoms with Gasteiger partial charge in [0.05, 0.1) is 15.7 Å². The van der Waals surface area contributed by atoms with Crippen LogP contribution in [0.3, 0.4) is 0 Å². The summed E-state index contributed by atoms with van der Waals surface area (Å²) in [6, 6.07) is 7.25. The molecule has 3 N–H and O–H groups in total. The summed E-state index contributed by atoms with van der Waals surface area (Å²) in [6.07, 6.45) is 1.38. The van der Waals surface area contributed by atoms with Crippen LogP contribution < -0.4 is 10.3 Å². The number of aliphatic carboxylic acids is 1. The average Bonchev–Trinajstić information content (AvgIpc) is 3.01. The number of aryl methyl sites for hydroxylation is 1. The van der Waals surface area contributed by atoms with E-state index in [4.69, 9.17) is 23.2 Å². The van der Waals surface area contributed by atoms with Crippen LogP contribution in [0.1, 0.15) is 34.6 Å². The molecular weight excluding hydrogens is 443 g/mol. The fourth-order valence-corrected chi connectivity index (χ4v) is 4.56. The number of carbonyl (C=O) groups is 3. The molecule has 4 rings (SSSR count). The van der Waals surface area contributed by atoms with Gasteiger partial charge in [-0.3, -0.25) is 14.4 Å². The lowest BCUT2D eigenvalue weighted by Gasteiger charge is -2.43. The molecule has 2 aromatic rings. The van der Waals surface area contributed by atoms with Gasteiger partial charge < -0.3 is 15.4 Å². The molecule has 0 radical (unpaired) electrons. The molecule has 1 saturated heterocycles. The number of anilines is 1. The number of aromatic amines is 1. The Kier molecular flexibility index (Phi) is 5.96. The Bertz CT molecular complexity index is 1050. The molecule has 1 atom stereocenters. The van der Waals surface area contributed by atoms with Crippen LogP contribution in [-0.4, -0.2) is 52.0 Å². The number of H-pyrrole nitrogens is 1. The molecule has 2 aliphatic heterocycles. The Balaban J connectivity index is 1.45. The molecule has 0 bridgehead atoms. The molecule has 1 aromatic heterocycles. The van der Waals surface area contributed by atoms with Crippen LogP contribution in [0.2, 0.25) is 10.0 Å². The van der Waals surface area contributed by atoms with Crippen molar-refractivity contribution in [3.8, 4) is 0 Å². The molecule has 1 unspecified atom stereocenters. The third-order valence-corrected chi connectivity index (χ3v) is 6.77. The van der Waals surface area contributed by atoms with E-state index < -0.39 is 17.8 Å². The Morgan fingerprint density at radius 2 is 1.84 bits per heavy atom. The number of fused-ring (bicyclic) bond motifs is 1. The Labute approximate surface area is 189 Å². The molecule has 0 saturated carbocycles. The van der Waals surface area contributed by atoms with E-state index in [0.29, 0.717) is 36.6 Å². The van der Waals surface area contributed by atoms with E-state index in [1.807, 2.05) is 29.3 Å². The van der Waals surface area contributed by atoms with Crippen LogP contribution in [0.25, 0.3) is 0 Å². The van der Waals surface area contributed by atoms with E-state index in [1.165, 1.54) is 5.01 Å². The summed E-state index contributed by atoms with van der Waals surface area (Å²) in [6.45, 7) is 2.73. The predicted molar refractivity (Wildman–Crippen MR) is 116 cm³/mol. The van der Waals surface area contributed by atoms with Gasteiger partial charge in [-0.05, 0) is 37.8 Å². The smallest absolute Gasteiger partial charge is 0.316 e. The molecule has 10 heteroatoms. The lowest BCUT2D eigenvalue weighted by molar-refractivity contribution is -0.147. The molecule has 2 amide bonds. The number of benzene rings is 1. The summed E-state index contributed by atoms with van der Waals surface area (Å²) < 4.78 is 0. The van der Waals surface area contributed by atoms with Gasteiger partial charge in [-0.25, -0.2) is 10.0 Å². The third kappa shape index (κ3) is 4.03. The molecule has 31 heavy (non-hydrogen) atoms. The minimum atomic E-state index is -1.12. The van der Waals surface area contributed by atoms with Crippen molar-refractivity contribution in [1.82, 2.24) is 15.3 Å². The summed E-state index contributed by atoms with van der Waals surface area (Å²) >= 11 is 12.2. The molecule has 164 valence electrons. The highest BCUT2D eigenvalue weighted by Gasteiger charge is 2.41. The van der Waals surface area contributed by atoms with E-state index in [2.05, 4.69) is 10.3 Å². The van der Waals surface area contributed by atoms with Gasteiger partial charge >= 0.3 is 5.97 Å². The number of rotatable bonds is 4. The maximum absolute atomic E-state index is 12.9. The van der Waals surface area contributed by atoms with Gasteiger partial charge in [0.25, 0.3) is 11.8 Å². The van der Waals surface area contributed by atoms with Crippen molar-refractivity contribution in [3.05, 3.63) is 51.3 Å². The van der Waals surface area contributed by atoms with Crippen molar-refractivity contribution in [3.63, 3.8) is 0 Å². The van der Waals surface area contributed by atoms with Gasteiger partial charge in [0, 0.05) is 24.8 Å². The fraction of sp³-hybridized carbons (Fsp3) is 0.381. The van der Waals surface area contributed by atoms with Gasteiger partial charge in [0.15, 0.2) is 0 Å². The summed E-state index contributed by atoms with van der Waals surface area (Å²) in [4.78, 5) is 40.1. The zero-order valence-corrected chi connectivity index (χ0v) is 18.3. The number of nitrogens with zero attached hydrogens (tertiary/aromatic N) is 2. The highest BCUT2D eigenvalue weighted by molar-refractivity contribution is 6.44. The lowest BCUT2D eigenvalue weighted by atomic mass is 9.92. The van der Waals surface area contributed by atoms with Crippen molar-refractivity contribution in [1.29, 1.82) is 0 Å². The SMILES string of the molecule is Cc1[nH]c(C(=O)NC2CCN(N3C(=O)C(C(=O)O)Cc4ccccc43)CC2)c(Cl)c1Cl. The molecule has 1 aromatic carbocycles. The number of carboxylic acids is 1. The van der Waals surface area contributed by atoms with E-state index in [1.54, 1.807) is 6.92 Å². The maximum Gasteiger partial charge on any atom is 0.316 e. The van der Waals surface area contributed by atoms with E-state index >= 15 is 0 Å². The summed E-state index contributed by atoms with van der Waals surface area (Å²) in [5, 5.41) is 16.4. The summed E-state index contributed by atoms with van der Waals surface area (Å²) in [7, 11) is 0. The van der Waals surface area contributed by atoms with Gasteiger partial charge in [-0.15, -0.1) is 0 Å². The molecule has 0 aliphatic carbocycles. The van der Waals surface area contributed by atoms with Gasteiger partial charge in [-0.2, -0.15) is 0 Å². The number of hydrazine groups is 1. The Morgan fingerprint density at radius 3 is 2.45 bits per heavy atom. The Hall–Kier alpha value is -2.55. The molecule has 2 aliphatic rings. The molecule has 0 spiro atoms. The lowest BCUT2D eigenvalue weighted by Crippen LogP contribution is -2.57. The second-order valence-electron chi connectivity index (χ2n) is 7.83. The van der Waals surface area contributed by atoms with Gasteiger partial charge in [0.2, 0.25) is 0 Å². The molecular formula is C21H22Cl2N4O4. The minimum absolute atomic E-state index is 0.104. The maximum atomic E-state index is 12.9. The molecule has 3 heterocycles. The number of halogens is 2. The fourth-order valence-electron chi connectivity index (χ4n) is 4.14. The monoisotopic (exact) mass is 464 g/mol. The Morgan fingerprint density at radius 1 is 1.16 bits per heavy atom. The van der Waals surface area contributed by atoms with Gasteiger partial charge in [0.1, 0.15) is 11.6 Å². The number of para-hydroxylation sites is 1. The van der Waals surface area contributed by atoms with E-state index in [-0.39, 0.29) is 29.1 Å². The quantitative estimate of drug-likeness (QED) is 0.602. The largest absolute Gasteiger partial charge is 0.481 e. The van der Waals surface area contributed by atoms with E-state index in [0.717, 1.165) is 11.3 Å². The number of nitrogens with one attached hydrogen (secondary N) is 2. The van der Waals surface area contributed by atoms with Crippen LogP contribution in [0, 0.1) is 12.8 Å². The van der Waals surface area contributed by atoms with Crippen molar-refractivity contribution in [2.75, 3.05) is 18.1 Å². The van der Waals surface area contributed by atoms with Gasteiger partial charge in [-0.1, -0.05) is 41.4 Å². The summed E-state index contributed by atoms with van der Waals surface area (Å²) in [5.41, 5.74) is 2.41. The highest BCUT2D eigenvalue weighted by Crippen LogP contribution is 2.33. The third-order valence-electron chi connectivity index (χ3n) is 5.82. The number of hydrogen-bond donors (Lipinski definition) is 3. The van der Waals surface area contributed by atoms with Crippen LogP contribution >= 0.6 is 23.2 Å². The van der Waals surface area contributed by atoms with Crippen molar-refractivity contribution >= 4 is 46.7 Å². The standard InChI is InChI=1S/C21H22Cl2N4O4/c1-11-16(22)17(23)18(24-11)19(28)25-13-6-8-26(9-7-13)27-15-5-3-2-4-12(15)10-14(20(27)29)21(30)31/h2-5,13-14,24H,6-10H2,1H3,(H,25,28)(H,30,31). The van der Waals surface area contributed by atoms with Crippen LogP contribution in [0.15, 0.2) is 24.3 Å². The first-order valence-electron chi connectivity index (χ1n) is 10.0. The van der Waals surface area contributed by atoms with Crippen molar-refractivity contribution in [2.45, 2.75) is 32.2 Å². The van der Waals surface area contributed by atoms with Crippen molar-refractivity contribution < 1.29 is 19.5 Å². The zero-order chi connectivity index (χ0) is 22.3. The number of amides is 2. The number of hydrogen-bond acceptors (Lipinski definition) is 4. The number of aromatic nitrogens is 1. The first-order valence-corrected chi connectivity index (χ1v) is 10.8.